The van der Waals surface area contributed by atoms with Gasteiger partial charge >= 0.3 is 5.97 Å². The van der Waals surface area contributed by atoms with E-state index in [0.29, 0.717) is 23.4 Å². The summed E-state index contributed by atoms with van der Waals surface area (Å²) in [6, 6.07) is 0. The molecule has 0 radical (unpaired) electrons. The number of carbonyl (C=O) groups is 3. The molecule has 3 rings (SSSR count). The molecule has 128 valence electrons. The minimum Gasteiger partial charge on any atom is -0.481 e. The molecule has 1 heterocycles. The Balaban J connectivity index is 1.89. The van der Waals surface area contributed by atoms with Gasteiger partial charge in [0.2, 0.25) is 5.91 Å². The fraction of sp³-hybridized carbons (Fsp3) is 0.471. The van der Waals surface area contributed by atoms with Crippen molar-refractivity contribution in [1.29, 1.82) is 0 Å². The molecule has 2 amide bonds. The summed E-state index contributed by atoms with van der Waals surface area (Å²) in [7, 11) is 0. The number of carboxylic acids is 1. The Hall–Kier alpha value is -2.15. The normalized spacial score (nSPS) is 27.4. The molecule has 0 aromatic carbocycles. The number of hydrogen-bond donors (Lipinski definition) is 3. The molecule has 4 N–H and O–H groups in total. The molecule has 1 aromatic heterocycles. The predicted octanol–water partition coefficient (Wildman–Crippen LogP) is 2.18. The zero-order valence-electron chi connectivity index (χ0n) is 13.5. The molecule has 1 aromatic rings. The first-order chi connectivity index (χ1) is 11.3. The Labute approximate surface area is 143 Å². The first-order valence-corrected chi connectivity index (χ1v) is 8.80. The molecule has 1 saturated carbocycles. The number of primary amides is 1. The number of carboxylic acid groups (broad SMARTS) is 1. The highest BCUT2D eigenvalue weighted by atomic mass is 32.1. The van der Waals surface area contributed by atoms with Crippen LogP contribution in [0.25, 0.3) is 0 Å². The van der Waals surface area contributed by atoms with E-state index in [1.807, 2.05) is 26.0 Å². The van der Waals surface area contributed by atoms with Gasteiger partial charge in [-0.05, 0) is 37.2 Å². The van der Waals surface area contributed by atoms with Crippen LogP contribution in [-0.4, -0.2) is 22.9 Å². The summed E-state index contributed by atoms with van der Waals surface area (Å²) in [6.07, 6.45) is 5.17. The maximum atomic E-state index is 12.7. The van der Waals surface area contributed by atoms with Gasteiger partial charge in [0, 0.05) is 4.88 Å². The highest BCUT2D eigenvalue weighted by Gasteiger charge is 2.51. The number of carbonyl (C=O) groups excluding carboxylic acids is 2. The van der Waals surface area contributed by atoms with Crippen molar-refractivity contribution < 1.29 is 19.5 Å². The minimum atomic E-state index is -0.946. The Morgan fingerprint density at radius 3 is 2.46 bits per heavy atom. The lowest BCUT2D eigenvalue weighted by Crippen LogP contribution is -2.36. The van der Waals surface area contributed by atoms with Gasteiger partial charge in [0.05, 0.1) is 17.4 Å². The molecule has 2 aliphatic carbocycles. The van der Waals surface area contributed by atoms with Gasteiger partial charge in [-0.1, -0.05) is 19.1 Å². The highest BCUT2D eigenvalue weighted by molar-refractivity contribution is 7.16. The van der Waals surface area contributed by atoms with E-state index in [1.54, 1.807) is 0 Å². The number of hydrogen-bond acceptors (Lipinski definition) is 4. The standard InChI is InChI=1S/C17H20N2O4S/c1-3-10-7(2)24-16(13(10)14(18)20)19-15(21)11-8-4-5-9(6-8)12(11)17(22)23/h4-5,8-9,11-12H,3,6H2,1-2H3,(H2,18,20)(H,19,21)(H,22,23)/t8-,9-,11-,12+/m0/s1. The number of allylic oxidation sites excluding steroid dienone is 2. The van der Waals surface area contributed by atoms with Crippen LogP contribution >= 0.6 is 11.3 Å². The average Bonchev–Trinajstić information content (AvgIpc) is 3.18. The molecule has 1 fully saturated rings. The number of amides is 2. The molecule has 6 nitrogen and oxygen atoms in total. The summed E-state index contributed by atoms with van der Waals surface area (Å²) in [6.45, 7) is 3.81. The van der Waals surface area contributed by atoms with E-state index in [9.17, 15) is 19.5 Å². The van der Waals surface area contributed by atoms with Crippen molar-refractivity contribution in [1.82, 2.24) is 0 Å². The van der Waals surface area contributed by atoms with Crippen molar-refractivity contribution in [2.75, 3.05) is 5.32 Å². The van der Waals surface area contributed by atoms with Crippen LogP contribution in [0.2, 0.25) is 0 Å². The van der Waals surface area contributed by atoms with E-state index in [4.69, 9.17) is 5.73 Å². The molecular formula is C17H20N2O4S. The van der Waals surface area contributed by atoms with Gasteiger partial charge < -0.3 is 16.2 Å². The number of rotatable bonds is 5. The molecule has 0 unspecified atom stereocenters. The lowest BCUT2D eigenvalue weighted by atomic mass is 9.82. The Kier molecular flexibility index (Phi) is 4.21. The molecule has 0 aliphatic heterocycles. The lowest BCUT2D eigenvalue weighted by Gasteiger charge is -2.23. The third-order valence-electron chi connectivity index (χ3n) is 5.09. The second kappa shape index (κ2) is 6.05. The number of nitrogens with one attached hydrogen (secondary N) is 1. The second-order valence-electron chi connectivity index (χ2n) is 6.39. The molecule has 2 bridgehead atoms. The van der Waals surface area contributed by atoms with Crippen molar-refractivity contribution in [3.8, 4) is 0 Å². The van der Waals surface area contributed by atoms with Crippen LogP contribution in [0.3, 0.4) is 0 Å². The van der Waals surface area contributed by atoms with E-state index in [2.05, 4.69) is 5.32 Å². The molecule has 4 atom stereocenters. The van der Waals surface area contributed by atoms with Crippen molar-refractivity contribution >= 4 is 34.1 Å². The van der Waals surface area contributed by atoms with E-state index in [0.717, 1.165) is 10.4 Å². The van der Waals surface area contributed by atoms with Crippen molar-refractivity contribution in [3.63, 3.8) is 0 Å². The first kappa shape index (κ1) is 16.7. The van der Waals surface area contributed by atoms with Crippen molar-refractivity contribution in [2.24, 2.45) is 29.4 Å². The fourth-order valence-electron chi connectivity index (χ4n) is 4.06. The second-order valence-corrected chi connectivity index (χ2v) is 7.61. The zero-order chi connectivity index (χ0) is 17.6. The van der Waals surface area contributed by atoms with Crippen LogP contribution in [0.5, 0.6) is 0 Å². The molecule has 0 saturated heterocycles. The van der Waals surface area contributed by atoms with Crippen LogP contribution < -0.4 is 11.1 Å². The SMILES string of the molecule is CCc1c(C)sc(NC(=O)[C@@H]2[C@H](C(=O)O)[C@H]3C=C[C@H]2C3)c1C(N)=O. The smallest absolute Gasteiger partial charge is 0.307 e. The number of fused-ring (bicyclic) bond motifs is 2. The van der Waals surface area contributed by atoms with E-state index < -0.39 is 23.7 Å². The first-order valence-electron chi connectivity index (χ1n) is 7.99. The number of thiophene rings is 1. The summed E-state index contributed by atoms with van der Waals surface area (Å²) in [4.78, 5) is 37.0. The summed E-state index contributed by atoms with van der Waals surface area (Å²) in [5, 5.41) is 12.7. The van der Waals surface area contributed by atoms with Crippen LogP contribution in [-0.2, 0) is 16.0 Å². The molecule has 24 heavy (non-hydrogen) atoms. The van der Waals surface area contributed by atoms with Crippen LogP contribution in [0, 0.1) is 30.6 Å². The van der Waals surface area contributed by atoms with Crippen LogP contribution in [0.4, 0.5) is 5.00 Å². The Bertz CT molecular complexity index is 752. The summed E-state index contributed by atoms with van der Waals surface area (Å²) in [5.41, 5.74) is 6.67. The summed E-state index contributed by atoms with van der Waals surface area (Å²) < 4.78 is 0. The minimum absolute atomic E-state index is 0.0557. The predicted molar refractivity (Wildman–Crippen MR) is 90.9 cm³/mol. The molecular weight excluding hydrogens is 328 g/mol. The zero-order valence-corrected chi connectivity index (χ0v) is 14.4. The third-order valence-corrected chi connectivity index (χ3v) is 6.16. The highest BCUT2D eigenvalue weighted by Crippen LogP contribution is 2.48. The average molecular weight is 348 g/mol. The van der Waals surface area contributed by atoms with Gasteiger partial charge in [-0.2, -0.15) is 0 Å². The maximum absolute atomic E-state index is 12.7. The third kappa shape index (κ3) is 2.53. The molecule has 2 aliphatic rings. The van der Waals surface area contributed by atoms with Crippen molar-refractivity contribution in [2.45, 2.75) is 26.7 Å². The monoisotopic (exact) mass is 348 g/mol. The van der Waals surface area contributed by atoms with E-state index in [1.165, 1.54) is 11.3 Å². The van der Waals surface area contributed by atoms with Gasteiger partial charge in [0.25, 0.3) is 5.91 Å². The van der Waals surface area contributed by atoms with Gasteiger partial charge in [0.1, 0.15) is 5.00 Å². The van der Waals surface area contributed by atoms with E-state index in [-0.39, 0.29) is 17.7 Å². The largest absolute Gasteiger partial charge is 0.481 e. The maximum Gasteiger partial charge on any atom is 0.307 e. The summed E-state index contributed by atoms with van der Waals surface area (Å²) >= 11 is 1.31. The van der Waals surface area contributed by atoms with Gasteiger partial charge in [-0.25, -0.2) is 0 Å². The summed E-state index contributed by atoms with van der Waals surface area (Å²) in [5.74, 6) is -3.32. The number of nitrogens with two attached hydrogens (primary N) is 1. The number of aliphatic carboxylic acids is 1. The molecule has 0 spiro atoms. The number of anilines is 1. The van der Waals surface area contributed by atoms with Gasteiger partial charge in [-0.3, -0.25) is 14.4 Å². The fourth-order valence-corrected chi connectivity index (χ4v) is 5.22. The number of aryl methyl sites for hydroxylation is 1. The Morgan fingerprint density at radius 2 is 1.92 bits per heavy atom. The molecule has 7 heteroatoms. The van der Waals surface area contributed by atoms with Gasteiger partial charge in [-0.15, -0.1) is 11.3 Å². The quantitative estimate of drug-likeness (QED) is 0.708. The van der Waals surface area contributed by atoms with Crippen LogP contribution in [0.15, 0.2) is 12.2 Å². The van der Waals surface area contributed by atoms with E-state index >= 15 is 0 Å². The lowest BCUT2D eigenvalue weighted by molar-refractivity contribution is -0.146. The van der Waals surface area contributed by atoms with Crippen molar-refractivity contribution in [3.05, 3.63) is 28.2 Å². The Morgan fingerprint density at radius 1 is 1.29 bits per heavy atom. The van der Waals surface area contributed by atoms with Gasteiger partial charge in [0.15, 0.2) is 0 Å². The topological polar surface area (TPSA) is 109 Å². The van der Waals surface area contributed by atoms with Crippen LogP contribution in [0.1, 0.15) is 34.1 Å².